The molecular formula is C24H26F3N7O. The van der Waals surface area contributed by atoms with Gasteiger partial charge in [0.15, 0.2) is 12.3 Å². The van der Waals surface area contributed by atoms with Gasteiger partial charge < -0.3 is 21.1 Å². The lowest BCUT2D eigenvalue weighted by Gasteiger charge is -2.25. The topological polar surface area (TPSA) is 103 Å². The third-order valence-electron chi connectivity index (χ3n) is 5.36. The van der Waals surface area contributed by atoms with Crippen LogP contribution in [0.1, 0.15) is 19.4 Å². The summed E-state index contributed by atoms with van der Waals surface area (Å²) in [5.74, 6) is 0.984. The van der Waals surface area contributed by atoms with E-state index in [4.69, 9.17) is 10.5 Å². The van der Waals surface area contributed by atoms with Crippen molar-refractivity contribution >= 4 is 28.5 Å². The lowest BCUT2D eigenvalue weighted by molar-refractivity contribution is -0.153. The Hall–Kier alpha value is -3.86. The second kappa shape index (κ2) is 9.79. The number of nitrogens with one attached hydrogen (secondary N) is 2. The summed E-state index contributed by atoms with van der Waals surface area (Å²) in [6.45, 7) is 3.53. The Balaban J connectivity index is 1.56. The van der Waals surface area contributed by atoms with Gasteiger partial charge in [-0.25, -0.2) is 4.68 Å². The highest BCUT2D eigenvalue weighted by atomic mass is 19.4. The van der Waals surface area contributed by atoms with Crippen LogP contribution in [0.15, 0.2) is 60.8 Å². The third kappa shape index (κ3) is 5.99. The van der Waals surface area contributed by atoms with E-state index in [0.717, 1.165) is 5.56 Å². The lowest BCUT2D eigenvalue weighted by atomic mass is 9.93. The molecule has 0 saturated heterocycles. The van der Waals surface area contributed by atoms with Crippen molar-refractivity contribution in [2.24, 2.45) is 5.73 Å². The summed E-state index contributed by atoms with van der Waals surface area (Å²) >= 11 is 0. The molecule has 0 saturated carbocycles. The van der Waals surface area contributed by atoms with E-state index in [1.807, 2.05) is 44.2 Å². The minimum atomic E-state index is -4.40. The van der Waals surface area contributed by atoms with Gasteiger partial charge in [-0.1, -0.05) is 30.3 Å². The number of nitrogens with two attached hydrogens (primary N) is 1. The van der Waals surface area contributed by atoms with Crippen molar-refractivity contribution in [3.63, 3.8) is 0 Å². The van der Waals surface area contributed by atoms with E-state index in [2.05, 4.69) is 25.7 Å². The minimum absolute atomic E-state index is 0.116. The number of alkyl halides is 3. The molecule has 1 unspecified atom stereocenters. The van der Waals surface area contributed by atoms with Crippen LogP contribution in [0.3, 0.4) is 0 Å². The highest BCUT2D eigenvalue weighted by Gasteiger charge is 2.28. The molecule has 0 bridgehead atoms. The van der Waals surface area contributed by atoms with Gasteiger partial charge in [0, 0.05) is 18.8 Å². The molecule has 0 spiro atoms. The van der Waals surface area contributed by atoms with Crippen LogP contribution in [0.5, 0.6) is 5.75 Å². The third-order valence-corrected chi connectivity index (χ3v) is 5.36. The number of ether oxygens (including phenoxy) is 1. The standard InChI is InChI=1S/C24H26F3N7O/c1-3-34-21-19(13-30-34)20(31-17-9-11-18(12-10-17)35-15-24(25,26)27)32-22(33-21)29-14-23(2,28)16-7-5-4-6-8-16/h4-13H,3,14-15,28H2,1-2H3,(H2,29,31,32,33). The molecular weight excluding hydrogens is 459 g/mol. The number of aryl methyl sites for hydroxylation is 1. The van der Waals surface area contributed by atoms with Crippen molar-refractivity contribution in [1.29, 1.82) is 0 Å². The van der Waals surface area contributed by atoms with Crippen LogP contribution < -0.4 is 21.1 Å². The number of hydrogen-bond donors (Lipinski definition) is 3. The molecule has 0 fully saturated rings. The van der Waals surface area contributed by atoms with E-state index < -0.39 is 18.3 Å². The van der Waals surface area contributed by atoms with E-state index in [0.29, 0.717) is 41.6 Å². The Kier molecular flexibility index (Phi) is 6.79. The average Bonchev–Trinajstić information content (AvgIpc) is 3.26. The minimum Gasteiger partial charge on any atom is -0.484 e. The van der Waals surface area contributed by atoms with Crippen molar-refractivity contribution in [3.05, 3.63) is 66.4 Å². The Labute approximate surface area is 200 Å². The van der Waals surface area contributed by atoms with E-state index in [9.17, 15) is 13.2 Å². The molecule has 4 aromatic rings. The summed E-state index contributed by atoms with van der Waals surface area (Å²) in [5.41, 5.74) is 8.09. The largest absolute Gasteiger partial charge is 0.484 e. The van der Waals surface area contributed by atoms with Crippen LogP contribution in [0, 0.1) is 0 Å². The van der Waals surface area contributed by atoms with Gasteiger partial charge >= 0.3 is 6.18 Å². The molecule has 0 aliphatic carbocycles. The van der Waals surface area contributed by atoms with Gasteiger partial charge in [-0.05, 0) is 43.7 Å². The van der Waals surface area contributed by atoms with Crippen LogP contribution in [-0.2, 0) is 12.1 Å². The lowest BCUT2D eigenvalue weighted by Crippen LogP contribution is -2.40. The Bertz CT molecular complexity index is 1270. The summed E-state index contributed by atoms with van der Waals surface area (Å²) in [6, 6.07) is 15.9. The quantitative estimate of drug-likeness (QED) is 0.312. The van der Waals surface area contributed by atoms with Crippen LogP contribution in [0.25, 0.3) is 11.0 Å². The van der Waals surface area contributed by atoms with Gasteiger partial charge in [0.2, 0.25) is 5.95 Å². The summed E-state index contributed by atoms with van der Waals surface area (Å²) in [6.07, 6.45) is -2.73. The first kappa shape index (κ1) is 24.3. The first-order valence-corrected chi connectivity index (χ1v) is 11.0. The molecule has 11 heteroatoms. The molecule has 8 nitrogen and oxygen atoms in total. The number of halogens is 3. The second-order valence-electron chi connectivity index (χ2n) is 8.28. The maximum absolute atomic E-state index is 12.4. The van der Waals surface area contributed by atoms with Crippen molar-refractivity contribution in [1.82, 2.24) is 19.7 Å². The predicted molar refractivity (Wildman–Crippen MR) is 129 cm³/mol. The second-order valence-corrected chi connectivity index (χ2v) is 8.28. The van der Waals surface area contributed by atoms with Gasteiger partial charge in [0.25, 0.3) is 0 Å². The molecule has 4 rings (SSSR count). The highest BCUT2D eigenvalue weighted by molar-refractivity contribution is 5.89. The van der Waals surface area contributed by atoms with Crippen LogP contribution in [0.4, 0.5) is 30.6 Å². The molecule has 0 aliphatic heterocycles. The smallest absolute Gasteiger partial charge is 0.422 e. The molecule has 2 aromatic carbocycles. The first-order chi connectivity index (χ1) is 16.6. The Morgan fingerprint density at radius 2 is 1.74 bits per heavy atom. The Morgan fingerprint density at radius 3 is 2.40 bits per heavy atom. The fourth-order valence-corrected chi connectivity index (χ4v) is 3.48. The van der Waals surface area contributed by atoms with Crippen LogP contribution in [0.2, 0.25) is 0 Å². The maximum atomic E-state index is 12.4. The predicted octanol–water partition coefficient (Wildman–Crippen LogP) is 4.82. The van der Waals surface area contributed by atoms with Crippen LogP contribution in [-0.4, -0.2) is 39.1 Å². The van der Waals surface area contributed by atoms with Gasteiger partial charge in [-0.3, -0.25) is 0 Å². The van der Waals surface area contributed by atoms with E-state index >= 15 is 0 Å². The first-order valence-electron chi connectivity index (χ1n) is 11.0. The number of anilines is 3. The summed E-state index contributed by atoms with van der Waals surface area (Å²) in [5, 5.41) is 11.5. The Morgan fingerprint density at radius 1 is 1.03 bits per heavy atom. The number of aromatic nitrogens is 4. The monoisotopic (exact) mass is 485 g/mol. The number of fused-ring (bicyclic) bond motifs is 1. The maximum Gasteiger partial charge on any atom is 0.422 e. The number of nitrogens with zero attached hydrogens (tertiary/aromatic N) is 4. The zero-order valence-corrected chi connectivity index (χ0v) is 19.3. The summed E-state index contributed by atoms with van der Waals surface area (Å²) in [7, 11) is 0. The summed E-state index contributed by atoms with van der Waals surface area (Å²) < 4.78 is 43.7. The zero-order valence-electron chi connectivity index (χ0n) is 19.3. The van der Waals surface area contributed by atoms with Gasteiger partial charge in [0.05, 0.1) is 17.1 Å². The number of rotatable bonds is 9. The van der Waals surface area contributed by atoms with Crippen molar-refractivity contribution in [2.75, 3.05) is 23.8 Å². The fraction of sp³-hybridized carbons (Fsp3) is 0.292. The average molecular weight is 486 g/mol. The molecule has 0 aliphatic rings. The number of benzene rings is 2. The molecule has 4 N–H and O–H groups in total. The summed E-state index contributed by atoms with van der Waals surface area (Å²) in [4.78, 5) is 9.23. The van der Waals surface area contributed by atoms with E-state index in [1.165, 1.54) is 12.1 Å². The molecule has 2 aromatic heterocycles. The van der Waals surface area contributed by atoms with Crippen LogP contribution >= 0.6 is 0 Å². The van der Waals surface area contributed by atoms with E-state index in [-0.39, 0.29) is 5.75 Å². The molecule has 0 amide bonds. The molecule has 35 heavy (non-hydrogen) atoms. The molecule has 2 heterocycles. The molecule has 0 radical (unpaired) electrons. The van der Waals surface area contributed by atoms with Gasteiger partial charge in [-0.2, -0.15) is 28.2 Å². The number of hydrogen-bond acceptors (Lipinski definition) is 7. The van der Waals surface area contributed by atoms with Gasteiger partial charge in [-0.15, -0.1) is 0 Å². The van der Waals surface area contributed by atoms with Crippen molar-refractivity contribution in [3.8, 4) is 5.75 Å². The SMILES string of the molecule is CCn1ncc2c(Nc3ccc(OCC(F)(F)F)cc3)nc(NCC(C)(N)c3ccccc3)nc21. The normalized spacial score (nSPS) is 13.4. The zero-order chi connectivity index (χ0) is 25.1. The molecule has 184 valence electrons. The highest BCUT2D eigenvalue weighted by Crippen LogP contribution is 2.27. The fourth-order valence-electron chi connectivity index (χ4n) is 3.48. The van der Waals surface area contributed by atoms with Gasteiger partial charge in [0.1, 0.15) is 11.6 Å². The van der Waals surface area contributed by atoms with Crippen molar-refractivity contribution in [2.45, 2.75) is 32.1 Å². The molecule has 1 atom stereocenters. The van der Waals surface area contributed by atoms with Crippen molar-refractivity contribution < 1.29 is 17.9 Å². The van der Waals surface area contributed by atoms with E-state index in [1.54, 1.807) is 23.0 Å².